The molecule has 30 heavy (non-hydrogen) atoms. The summed E-state index contributed by atoms with van der Waals surface area (Å²) in [5, 5.41) is 3.97. The van der Waals surface area contributed by atoms with E-state index in [1.54, 1.807) is 18.2 Å². The summed E-state index contributed by atoms with van der Waals surface area (Å²) in [4.78, 5) is 13.1. The van der Waals surface area contributed by atoms with E-state index in [0.29, 0.717) is 16.3 Å². The van der Waals surface area contributed by atoms with E-state index in [2.05, 4.69) is 5.32 Å². The Morgan fingerprint density at radius 3 is 2.60 bits per heavy atom. The molecule has 0 aliphatic heterocycles. The van der Waals surface area contributed by atoms with Crippen LogP contribution >= 0.6 is 22.9 Å². The van der Waals surface area contributed by atoms with Crippen molar-refractivity contribution in [1.29, 1.82) is 0 Å². The summed E-state index contributed by atoms with van der Waals surface area (Å²) in [5.74, 6) is 0.280. The monoisotopic (exact) mass is 466 g/mol. The van der Waals surface area contributed by atoms with Crippen LogP contribution in [0.1, 0.15) is 29.9 Å². The summed E-state index contributed by atoms with van der Waals surface area (Å²) in [5.41, 5.74) is 0.487. The van der Waals surface area contributed by atoms with Crippen LogP contribution in [0.3, 0.4) is 0 Å². The normalized spacial score (nSPS) is 12.6. The third kappa shape index (κ3) is 4.40. The number of hydrogen-bond acceptors (Lipinski definition) is 5. The minimum Gasteiger partial charge on any atom is -0.495 e. The Labute approximate surface area is 185 Å². The number of amides is 1. The van der Waals surface area contributed by atoms with E-state index in [-0.39, 0.29) is 21.9 Å². The summed E-state index contributed by atoms with van der Waals surface area (Å²) in [7, 11) is -0.869. The van der Waals surface area contributed by atoms with E-state index in [1.807, 2.05) is 19.9 Å². The number of hydrogen-bond donors (Lipinski definition) is 1. The summed E-state index contributed by atoms with van der Waals surface area (Å²) in [6, 6.07) is 11.5. The van der Waals surface area contributed by atoms with Crippen LogP contribution in [0.2, 0.25) is 5.02 Å². The number of thiophene rings is 1. The van der Waals surface area contributed by atoms with Gasteiger partial charge in [-0.15, -0.1) is 11.3 Å². The molecule has 1 aromatic heterocycles. The molecule has 0 saturated heterocycles. The number of halogens is 1. The molecule has 1 heterocycles. The number of anilines is 1. The Morgan fingerprint density at radius 2 is 1.97 bits per heavy atom. The van der Waals surface area contributed by atoms with Crippen molar-refractivity contribution < 1.29 is 17.9 Å². The third-order valence-electron chi connectivity index (χ3n) is 4.86. The zero-order valence-electron chi connectivity index (χ0n) is 17.1. The predicted octanol–water partition coefficient (Wildman–Crippen LogP) is 4.92. The van der Waals surface area contributed by atoms with Gasteiger partial charge < -0.3 is 10.1 Å². The van der Waals surface area contributed by atoms with Crippen molar-refractivity contribution in [3.8, 4) is 5.75 Å². The number of benzene rings is 2. The van der Waals surface area contributed by atoms with Gasteiger partial charge in [0.05, 0.1) is 27.6 Å². The van der Waals surface area contributed by atoms with E-state index >= 15 is 0 Å². The number of carbonyl (C=O) groups is 1. The van der Waals surface area contributed by atoms with Gasteiger partial charge in [-0.05, 0) is 61.2 Å². The Bertz CT molecular complexity index is 1190. The van der Waals surface area contributed by atoms with Gasteiger partial charge in [0.2, 0.25) is 0 Å². The van der Waals surface area contributed by atoms with Crippen LogP contribution in [0.15, 0.2) is 47.4 Å². The second-order valence-electron chi connectivity index (χ2n) is 6.88. The molecule has 0 aliphatic carbocycles. The molecule has 0 spiro atoms. The average molecular weight is 467 g/mol. The Kier molecular flexibility index (Phi) is 6.59. The van der Waals surface area contributed by atoms with Crippen LogP contribution in [-0.4, -0.2) is 34.5 Å². The SMILES string of the molecule is CC[C@H](C)NC(=O)c1cc2cc(N(C)S(=O)(=O)c3ccc(OC)c(Cl)c3)ccc2s1. The van der Waals surface area contributed by atoms with Crippen molar-refractivity contribution in [2.45, 2.75) is 31.2 Å². The highest BCUT2D eigenvalue weighted by molar-refractivity contribution is 7.92. The lowest BCUT2D eigenvalue weighted by molar-refractivity contribution is 0.0943. The second-order valence-corrected chi connectivity index (χ2v) is 10.3. The molecule has 0 radical (unpaired) electrons. The molecule has 160 valence electrons. The molecule has 0 aliphatic rings. The van der Waals surface area contributed by atoms with Crippen LogP contribution in [0.25, 0.3) is 10.1 Å². The molecule has 0 fully saturated rings. The summed E-state index contributed by atoms with van der Waals surface area (Å²) in [6.07, 6.45) is 0.846. The molecule has 1 amide bonds. The van der Waals surface area contributed by atoms with Gasteiger partial charge in [-0.3, -0.25) is 9.10 Å². The number of sulfonamides is 1. The fourth-order valence-corrected chi connectivity index (χ4v) is 5.32. The number of ether oxygens (including phenoxy) is 1. The number of nitrogens with one attached hydrogen (secondary N) is 1. The molecule has 0 unspecified atom stereocenters. The van der Waals surface area contributed by atoms with Crippen molar-refractivity contribution in [2.24, 2.45) is 0 Å². The van der Waals surface area contributed by atoms with E-state index in [9.17, 15) is 13.2 Å². The third-order valence-corrected chi connectivity index (χ3v) is 8.05. The largest absolute Gasteiger partial charge is 0.495 e. The first-order chi connectivity index (χ1) is 14.2. The topological polar surface area (TPSA) is 75.7 Å². The Hall–Kier alpha value is -2.29. The van der Waals surface area contributed by atoms with Gasteiger partial charge >= 0.3 is 0 Å². The highest BCUT2D eigenvalue weighted by Gasteiger charge is 2.23. The molecule has 3 aromatic rings. The van der Waals surface area contributed by atoms with E-state index in [1.165, 1.54) is 48.0 Å². The fraction of sp³-hybridized carbons (Fsp3) is 0.286. The fourth-order valence-electron chi connectivity index (χ4n) is 2.84. The lowest BCUT2D eigenvalue weighted by atomic mass is 10.2. The minimum atomic E-state index is -3.82. The minimum absolute atomic E-state index is 0.0647. The maximum Gasteiger partial charge on any atom is 0.264 e. The highest BCUT2D eigenvalue weighted by atomic mass is 35.5. The molecular formula is C21H23ClN2O4S2. The maximum atomic E-state index is 13.1. The smallest absolute Gasteiger partial charge is 0.264 e. The summed E-state index contributed by atoms with van der Waals surface area (Å²) in [6.45, 7) is 3.96. The molecular weight excluding hydrogens is 444 g/mol. The van der Waals surface area contributed by atoms with E-state index < -0.39 is 10.0 Å². The molecule has 0 saturated carbocycles. The second kappa shape index (κ2) is 8.83. The Balaban J connectivity index is 1.92. The van der Waals surface area contributed by atoms with Gasteiger partial charge in [-0.25, -0.2) is 8.42 Å². The van der Waals surface area contributed by atoms with Crippen LogP contribution in [0.4, 0.5) is 5.69 Å². The zero-order chi connectivity index (χ0) is 22.1. The lowest BCUT2D eigenvalue weighted by Crippen LogP contribution is -2.31. The standard InChI is InChI=1S/C21H23ClN2O4S2/c1-5-13(2)23-21(25)20-11-14-10-15(6-9-19(14)29-20)24(3)30(26,27)16-7-8-18(28-4)17(22)12-16/h6-13H,5H2,1-4H3,(H,23,25)/t13-/m0/s1. The molecule has 0 bridgehead atoms. The number of rotatable bonds is 7. The summed E-state index contributed by atoms with van der Waals surface area (Å²) < 4.78 is 33.3. The zero-order valence-corrected chi connectivity index (χ0v) is 19.5. The van der Waals surface area contributed by atoms with E-state index in [4.69, 9.17) is 16.3 Å². The predicted molar refractivity (Wildman–Crippen MR) is 123 cm³/mol. The first-order valence-corrected chi connectivity index (χ1v) is 12.0. The van der Waals surface area contributed by atoms with Gasteiger partial charge in [0, 0.05) is 17.8 Å². The van der Waals surface area contributed by atoms with Crippen molar-refractivity contribution in [3.05, 3.63) is 52.4 Å². The van der Waals surface area contributed by atoms with Crippen molar-refractivity contribution in [1.82, 2.24) is 5.32 Å². The van der Waals surface area contributed by atoms with Gasteiger partial charge in [-0.1, -0.05) is 18.5 Å². The van der Waals surface area contributed by atoms with Crippen LogP contribution in [0.5, 0.6) is 5.75 Å². The quantitative estimate of drug-likeness (QED) is 0.536. The molecule has 2 aromatic carbocycles. The Morgan fingerprint density at radius 1 is 1.23 bits per heavy atom. The van der Waals surface area contributed by atoms with Crippen LogP contribution in [-0.2, 0) is 10.0 Å². The molecule has 1 atom stereocenters. The van der Waals surface area contributed by atoms with Gasteiger partial charge in [0.15, 0.2) is 0 Å². The number of nitrogens with zero attached hydrogens (tertiary/aromatic N) is 1. The molecule has 3 rings (SSSR count). The van der Waals surface area contributed by atoms with E-state index in [0.717, 1.165) is 16.5 Å². The molecule has 6 nitrogen and oxygen atoms in total. The van der Waals surface area contributed by atoms with Crippen LogP contribution < -0.4 is 14.4 Å². The first kappa shape index (κ1) is 22.4. The van der Waals surface area contributed by atoms with Crippen LogP contribution in [0, 0.1) is 0 Å². The van der Waals surface area contributed by atoms with Crippen molar-refractivity contribution >= 4 is 54.6 Å². The first-order valence-electron chi connectivity index (χ1n) is 9.34. The van der Waals surface area contributed by atoms with Gasteiger partial charge in [0.1, 0.15) is 5.75 Å². The molecule has 9 heteroatoms. The number of methoxy groups -OCH3 is 1. The highest BCUT2D eigenvalue weighted by Crippen LogP contribution is 2.33. The number of carbonyl (C=O) groups excluding carboxylic acids is 1. The summed E-state index contributed by atoms with van der Waals surface area (Å²) >= 11 is 7.48. The maximum absolute atomic E-state index is 13.1. The van der Waals surface area contributed by atoms with Gasteiger partial charge in [0.25, 0.3) is 15.9 Å². The average Bonchev–Trinajstić information content (AvgIpc) is 3.16. The van der Waals surface area contributed by atoms with Gasteiger partial charge in [-0.2, -0.15) is 0 Å². The van der Waals surface area contributed by atoms with Crippen molar-refractivity contribution in [3.63, 3.8) is 0 Å². The molecule has 1 N–H and O–H groups in total. The van der Waals surface area contributed by atoms with Crippen molar-refractivity contribution in [2.75, 3.05) is 18.5 Å². The number of fused-ring (bicyclic) bond motifs is 1. The lowest BCUT2D eigenvalue weighted by Gasteiger charge is -2.20.